The van der Waals surface area contributed by atoms with Crippen LogP contribution in [-0.4, -0.2) is 30.4 Å². The Morgan fingerprint density at radius 1 is 1.30 bits per heavy atom. The molecule has 0 aliphatic carbocycles. The molecule has 0 bridgehead atoms. The first-order valence-corrected chi connectivity index (χ1v) is 7.32. The van der Waals surface area contributed by atoms with Crippen LogP contribution in [0.5, 0.6) is 0 Å². The Morgan fingerprint density at radius 2 is 1.87 bits per heavy atom. The van der Waals surface area contributed by atoms with Gasteiger partial charge in [0.2, 0.25) is 0 Å². The summed E-state index contributed by atoms with van der Waals surface area (Å²) in [6, 6.07) is 4.56. The number of ether oxygens (including phenoxy) is 2. The van der Waals surface area contributed by atoms with Gasteiger partial charge in [-0.3, -0.25) is 0 Å². The Labute approximate surface area is 133 Å². The molecule has 2 atom stereocenters. The lowest BCUT2D eigenvalue weighted by molar-refractivity contribution is -0.137. The molecule has 1 N–H and O–H groups in total. The number of nitrogens with one attached hydrogen (secondary N) is 1. The molecule has 0 spiro atoms. The van der Waals surface area contributed by atoms with E-state index in [2.05, 4.69) is 5.32 Å². The molecule has 7 heteroatoms. The van der Waals surface area contributed by atoms with Crippen molar-refractivity contribution in [3.63, 3.8) is 0 Å². The Hall–Kier alpha value is -1.76. The van der Waals surface area contributed by atoms with E-state index in [1.807, 2.05) is 0 Å². The molecule has 1 saturated heterocycles. The van der Waals surface area contributed by atoms with Crippen LogP contribution in [0, 0.1) is 0 Å². The average Bonchev–Trinajstić information content (AvgIpc) is 3.19. The predicted octanol–water partition coefficient (Wildman–Crippen LogP) is 3.54. The second kappa shape index (κ2) is 6.39. The third-order valence-corrected chi connectivity index (χ3v) is 3.25. The van der Waals surface area contributed by atoms with Gasteiger partial charge in [-0.15, -0.1) is 0 Å². The van der Waals surface area contributed by atoms with Crippen LogP contribution in [0.1, 0.15) is 31.9 Å². The van der Waals surface area contributed by atoms with Crippen LogP contribution >= 0.6 is 0 Å². The number of halogens is 3. The zero-order valence-electron chi connectivity index (χ0n) is 13.2. The fourth-order valence-corrected chi connectivity index (χ4v) is 2.11. The van der Waals surface area contributed by atoms with E-state index < -0.39 is 23.4 Å². The Kier molecular flexibility index (Phi) is 4.89. The highest BCUT2D eigenvalue weighted by molar-refractivity contribution is 5.68. The van der Waals surface area contributed by atoms with E-state index >= 15 is 0 Å². The summed E-state index contributed by atoms with van der Waals surface area (Å²) in [4.78, 5) is 11.8. The lowest BCUT2D eigenvalue weighted by Gasteiger charge is -2.23. The molecule has 128 valence electrons. The third-order valence-electron chi connectivity index (χ3n) is 3.25. The van der Waals surface area contributed by atoms with Gasteiger partial charge in [0, 0.05) is 0 Å². The topological polar surface area (TPSA) is 50.9 Å². The molecule has 23 heavy (non-hydrogen) atoms. The monoisotopic (exact) mass is 331 g/mol. The quantitative estimate of drug-likeness (QED) is 0.859. The number of alkyl carbamates (subject to hydrolysis) is 1. The number of hydrogen-bond donors (Lipinski definition) is 1. The first-order valence-electron chi connectivity index (χ1n) is 7.32. The smallest absolute Gasteiger partial charge is 0.416 e. The van der Waals surface area contributed by atoms with Crippen LogP contribution in [0.15, 0.2) is 24.3 Å². The van der Waals surface area contributed by atoms with E-state index in [1.54, 1.807) is 20.8 Å². The maximum Gasteiger partial charge on any atom is 0.416 e. The van der Waals surface area contributed by atoms with Gasteiger partial charge in [0.15, 0.2) is 0 Å². The van der Waals surface area contributed by atoms with Gasteiger partial charge in [0.05, 0.1) is 18.2 Å². The number of epoxide rings is 1. The van der Waals surface area contributed by atoms with Crippen LogP contribution < -0.4 is 5.32 Å². The minimum Gasteiger partial charge on any atom is -0.444 e. The number of amides is 1. The summed E-state index contributed by atoms with van der Waals surface area (Å²) >= 11 is 0. The van der Waals surface area contributed by atoms with Crippen molar-refractivity contribution >= 4 is 6.09 Å². The van der Waals surface area contributed by atoms with E-state index in [0.29, 0.717) is 18.6 Å². The Balaban J connectivity index is 1.98. The molecular formula is C16H20F3NO3. The summed E-state index contributed by atoms with van der Waals surface area (Å²) in [5.74, 6) is 0. The number of benzene rings is 1. The summed E-state index contributed by atoms with van der Waals surface area (Å²) < 4.78 is 48.1. The van der Waals surface area contributed by atoms with Gasteiger partial charge in [0.25, 0.3) is 0 Å². The molecule has 1 heterocycles. The lowest BCUT2D eigenvalue weighted by Crippen LogP contribution is -2.43. The first-order chi connectivity index (χ1) is 10.5. The molecule has 1 aromatic carbocycles. The van der Waals surface area contributed by atoms with Gasteiger partial charge in [-0.2, -0.15) is 13.2 Å². The lowest BCUT2D eigenvalue weighted by atomic mass is 10.0. The van der Waals surface area contributed by atoms with Gasteiger partial charge in [-0.05, 0) is 44.9 Å². The number of rotatable bonds is 4. The van der Waals surface area contributed by atoms with Gasteiger partial charge in [-0.25, -0.2) is 4.79 Å². The standard InChI is InChI=1S/C16H20F3NO3/c1-15(2,3)23-14(21)20-12(13-9-22-13)8-10-4-6-11(7-5-10)16(17,18)19/h4-7,12-13H,8-9H2,1-3H3,(H,20,21). The molecule has 1 fully saturated rings. The molecule has 0 saturated carbocycles. The second-order valence-electron chi connectivity index (χ2n) is 6.52. The largest absolute Gasteiger partial charge is 0.444 e. The molecule has 1 aliphatic heterocycles. The third kappa shape index (κ3) is 5.74. The predicted molar refractivity (Wildman–Crippen MR) is 78.0 cm³/mol. The zero-order valence-corrected chi connectivity index (χ0v) is 13.2. The van der Waals surface area contributed by atoms with Crippen LogP contribution in [0.3, 0.4) is 0 Å². The molecule has 1 amide bonds. The molecular weight excluding hydrogens is 311 g/mol. The van der Waals surface area contributed by atoms with E-state index in [4.69, 9.17) is 9.47 Å². The first kappa shape index (κ1) is 17.6. The van der Waals surface area contributed by atoms with Crippen molar-refractivity contribution < 1.29 is 27.4 Å². The van der Waals surface area contributed by atoms with Crippen molar-refractivity contribution in [2.45, 2.75) is 51.1 Å². The van der Waals surface area contributed by atoms with Gasteiger partial charge in [-0.1, -0.05) is 12.1 Å². The molecule has 2 rings (SSSR count). The van der Waals surface area contributed by atoms with E-state index in [0.717, 1.165) is 12.1 Å². The summed E-state index contributed by atoms with van der Waals surface area (Å²) in [5.41, 5.74) is -0.622. The van der Waals surface area contributed by atoms with Crippen molar-refractivity contribution in [2.24, 2.45) is 0 Å². The van der Waals surface area contributed by atoms with Gasteiger partial charge in [0.1, 0.15) is 11.7 Å². The highest BCUT2D eigenvalue weighted by Gasteiger charge is 2.35. The summed E-state index contributed by atoms with van der Waals surface area (Å²) in [5, 5.41) is 2.72. The molecule has 0 aromatic heterocycles. The summed E-state index contributed by atoms with van der Waals surface area (Å²) in [6.07, 6.45) is -4.68. The second-order valence-corrected chi connectivity index (χ2v) is 6.52. The maximum absolute atomic E-state index is 12.6. The fraction of sp³-hybridized carbons (Fsp3) is 0.562. The number of alkyl halides is 3. The van der Waals surface area contributed by atoms with Crippen molar-refractivity contribution in [3.8, 4) is 0 Å². The number of carbonyl (C=O) groups excluding carboxylic acids is 1. The number of hydrogen-bond acceptors (Lipinski definition) is 3. The summed E-state index contributed by atoms with van der Waals surface area (Å²) in [7, 11) is 0. The zero-order chi connectivity index (χ0) is 17.3. The minimum absolute atomic E-state index is 0.134. The number of carbonyl (C=O) groups is 1. The minimum atomic E-state index is -4.35. The van der Waals surface area contributed by atoms with Crippen molar-refractivity contribution in [2.75, 3.05) is 6.61 Å². The maximum atomic E-state index is 12.6. The van der Waals surface area contributed by atoms with Crippen LogP contribution in [0.25, 0.3) is 0 Å². The summed E-state index contributed by atoms with van der Waals surface area (Å²) in [6.45, 7) is 5.78. The van der Waals surface area contributed by atoms with Crippen LogP contribution in [0.2, 0.25) is 0 Å². The fourth-order valence-electron chi connectivity index (χ4n) is 2.11. The molecule has 1 aliphatic rings. The molecule has 4 nitrogen and oxygen atoms in total. The van der Waals surface area contributed by atoms with Gasteiger partial charge >= 0.3 is 12.3 Å². The SMILES string of the molecule is CC(C)(C)OC(=O)NC(Cc1ccc(C(F)(F)F)cc1)C1CO1. The average molecular weight is 331 g/mol. The van der Waals surface area contributed by atoms with E-state index in [9.17, 15) is 18.0 Å². The highest BCUT2D eigenvalue weighted by atomic mass is 19.4. The molecule has 0 radical (unpaired) electrons. The Bertz CT molecular complexity index is 545. The highest BCUT2D eigenvalue weighted by Crippen LogP contribution is 2.29. The molecule has 2 unspecified atom stereocenters. The van der Waals surface area contributed by atoms with Crippen LogP contribution in [-0.2, 0) is 22.1 Å². The van der Waals surface area contributed by atoms with E-state index in [1.165, 1.54) is 12.1 Å². The molecule has 1 aromatic rings. The van der Waals surface area contributed by atoms with Crippen molar-refractivity contribution in [1.82, 2.24) is 5.32 Å². The Morgan fingerprint density at radius 3 is 2.30 bits per heavy atom. The van der Waals surface area contributed by atoms with Gasteiger partial charge < -0.3 is 14.8 Å². The van der Waals surface area contributed by atoms with Crippen molar-refractivity contribution in [1.29, 1.82) is 0 Å². The van der Waals surface area contributed by atoms with Crippen LogP contribution in [0.4, 0.5) is 18.0 Å². The van der Waals surface area contributed by atoms with E-state index in [-0.39, 0.29) is 12.1 Å². The normalized spacial score (nSPS) is 19.1. The van der Waals surface area contributed by atoms with Crippen molar-refractivity contribution in [3.05, 3.63) is 35.4 Å².